The van der Waals surface area contributed by atoms with E-state index in [-0.39, 0.29) is 0 Å². The molecule has 13 heavy (non-hydrogen) atoms. The quantitative estimate of drug-likeness (QED) is 0.628. The van der Waals surface area contributed by atoms with Crippen molar-refractivity contribution in [2.24, 2.45) is 11.3 Å². The lowest BCUT2D eigenvalue weighted by Gasteiger charge is -2.16. The zero-order valence-electron chi connectivity index (χ0n) is 9.32. The molecule has 1 saturated carbocycles. The lowest BCUT2D eigenvalue weighted by molar-refractivity contribution is 0.409. The lowest BCUT2D eigenvalue weighted by Crippen LogP contribution is -2.31. The van der Waals surface area contributed by atoms with Gasteiger partial charge < -0.3 is 10.6 Å². The van der Waals surface area contributed by atoms with Crippen molar-refractivity contribution in [1.82, 2.24) is 10.6 Å². The summed E-state index contributed by atoms with van der Waals surface area (Å²) in [4.78, 5) is 0. The Morgan fingerprint density at radius 3 is 2.46 bits per heavy atom. The van der Waals surface area contributed by atoms with Crippen molar-refractivity contribution in [2.45, 2.75) is 33.1 Å². The maximum absolute atomic E-state index is 3.58. The second kappa shape index (κ2) is 4.97. The first-order valence-corrected chi connectivity index (χ1v) is 5.58. The van der Waals surface area contributed by atoms with Crippen LogP contribution in [-0.4, -0.2) is 26.7 Å². The number of hydrogen-bond acceptors (Lipinski definition) is 2. The Morgan fingerprint density at radius 1 is 1.31 bits per heavy atom. The molecule has 1 rings (SSSR count). The molecule has 78 valence electrons. The second-order valence-electron chi connectivity index (χ2n) is 4.65. The fourth-order valence-electron chi connectivity index (χ4n) is 1.84. The number of hydrogen-bond donors (Lipinski definition) is 2. The van der Waals surface area contributed by atoms with Gasteiger partial charge in [-0.1, -0.05) is 13.8 Å². The number of nitrogens with one attached hydrogen (secondary N) is 2. The monoisotopic (exact) mass is 184 g/mol. The van der Waals surface area contributed by atoms with Crippen LogP contribution in [0.15, 0.2) is 0 Å². The van der Waals surface area contributed by atoms with E-state index in [1.807, 2.05) is 7.05 Å². The SMILES string of the molecule is CCC1(CNCC(C)CNC)CC1. The highest BCUT2D eigenvalue weighted by molar-refractivity contribution is 4.93. The van der Waals surface area contributed by atoms with Gasteiger partial charge in [0.05, 0.1) is 0 Å². The van der Waals surface area contributed by atoms with Crippen LogP contribution in [0, 0.1) is 11.3 Å². The predicted octanol–water partition coefficient (Wildman–Crippen LogP) is 1.62. The van der Waals surface area contributed by atoms with Gasteiger partial charge in [0.1, 0.15) is 0 Å². The van der Waals surface area contributed by atoms with Gasteiger partial charge in [0.25, 0.3) is 0 Å². The van der Waals surface area contributed by atoms with Gasteiger partial charge in [-0.25, -0.2) is 0 Å². The lowest BCUT2D eigenvalue weighted by atomic mass is 10.0. The first kappa shape index (κ1) is 11.0. The molecule has 0 amide bonds. The second-order valence-corrected chi connectivity index (χ2v) is 4.65. The van der Waals surface area contributed by atoms with Crippen LogP contribution in [0.5, 0.6) is 0 Å². The summed E-state index contributed by atoms with van der Waals surface area (Å²) in [6, 6.07) is 0. The maximum atomic E-state index is 3.58. The molecular weight excluding hydrogens is 160 g/mol. The van der Waals surface area contributed by atoms with Gasteiger partial charge in [0.15, 0.2) is 0 Å². The molecule has 0 bridgehead atoms. The van der Waals surface area contributed by atoms with Crippen molar-refractivity contribution in [3.8, 4) is 0 Å². The van der Waals surface area contributed by atoms with Crippen molar-refractivity contribution in [3.05, 3.63) is 0 Å². The molecule has 0 aromatic rings. The molecular formula is C11H24N2. The molecule has 0 heterocycles. The van der Waals surface area contributed by atoms with Gasteiger partial charge in [-0.05, 0) is 50.7 Å². The van der Waals surface area contributed by atoms with Gasteiger partial charge in [0.2, 0.25) is 0 Å². The van der Waals surface area contributed by atoms with Crippen LogP contribution in [0.2, 0.25) is 0 Å². The summed E-state index contributed by atoms with van der Waals surface area (Å²) in [5, 5.41) is 6.79. The minimum Gasteiger partial charge on any atom is -0.319 e. The summed E-state index contributed by atoms with van der Waals surface area (Å²) in [5.41, 5.74) is 0.694. The molecule has 0 radical (unpaired) electrons. The first-order chi connectivity index (χ1) is 6.22. The van der Waals surface area contributed by atoms with Gasteiger partial charge in [-0.15, -0.1) is 0 Å². The molecule has 1 aliphatic carbocycles. The Labute approximate surface area is 82.5 Å². The van der Waals surface area contributed by atoms with Gasteiger partial charge in [0, 0.05) is 6.54 Å². The molecule has 2 nitrogen and oxygen atoms in total. The zero-order chi connectivity index (χ0) is 9.73. The highest BCUT2D eigenvalue weighted by Gasteiger charge is 2.39. The molecule has 1 atom stereocenters. The smallest absolute Gasteiger partial charge is 0.000783 e. The fourth-order valence-corrected chi connectivity index (χ4v) is 1.84. The van der Waals surface area contributed by atoms with Crippen molar-refractivity contribution in [1.29, 1.82) is 0 Å². The highest BCUT2D eigenvalue weighted by atomic mass is 14.9. The third-order valence-electron chi connectivity index (χ3n) is 3.25. The summed E-state index contributed by atoms with van der Waals surface area (Å²) in [5.74, 6) is 0.748. The van der Waals surface area contributed by atoms with Crippen molar-refractivity contribution in [2.75, 3.05) is 26.7 Å². The summed E-state index contributed by atoms with van der Waals surface area (Å²) < 4.78 is 0. The molecule has 1 unspecified atom stereocenters. The molecule has 2 heteroatoms. The van der Waals surface area contributed by atoms with Gasteiger partial charge in [-0.3, -0.25) is 0 Å². The third-order valence-corrected chi connectivity index (χ3v) is 3.25. The van der Waals surface area contributed by atoms with E-state index in [0.717, 1.165) is 19.0 Å². The van der Waals surface area contributed by atoms with E-state index in [1.54, 1.807) is 0 Å². The molecule has 0 aliphatic heterocycles. The first-order valence-electron chi connectivity index (χ1n) is 5.58. The van der Waals surface area contributed by atoms with Crippen LogP contribution in [0.25, 0.3) is 0 Å². The molecule has 1 aliphatic rings. The van der Waals surface area contributed by atoms with Crippen LogP contribution in [0.1, 0.15) is 33.1 Å². The predicted molar refractivity (Wildman–Crippen MR) is 57.9 cm³/mol. The Hall–Kier alpha value is -0.0800. The van der Waals surface area contributed by atoms with Crippen LogP contribution < -0.4 is 10.6 Å². The van der Waals surface area contributed by atoms with Gasteiger partial charge in [-0.2, -0.15) is 0 Å². The average Bonchev–Trinajstić information content (AvgIpc) is 2.86. The van der Waals surface area contributed by atoms with Crippen LogP contribution in [0.3, 0.4) is 0 Å². The Bertz CT molecular complexity index is 141. The van der Waals surface area contributed by atoms with E-state index < -0.39 is 0 Å². The average molecular weight is 184 g/mol. The molecule has 0 spiro atoms. The Kier molecular flexibility index (Phi) is 4.20. The summed E-state index contributed by atoms with van der Waals surface area (Å²) in [6.07, 6.45) is 4.23. The molecule has 0 aromatic carbocycles. The minimum absolute atomic E-state index is 0.694. The Morgan fingerprint density at radius 2 is 2.00 bits per heavy atom. The molecule has 2 N–H and O–H groups in total. The van der Waals surface area contributed by atoms with E-state index in [4.69, 9.17) is 0 Å². The standard InChI is InChI=1S/C11H24N2/c1-4-11(5-6-11)9-13-8-10(2)7-12-3/h10,12-13H,4-9H2,1-3H3. The number of rotatable bonds is 7. The normalized spacial score (nSPS) is 21.5. The maximum Gasteiger partial charge on any atom is 0.000783 e. The third kappa shape index (κ3) is 3.65. The van der Waals surface area contributed by atoms with E-state index >= 15 is 0 Å². The van der Waals surface area contributed by atoms with E-state index in [2.05, 4.69) is 24.5 Å². The minimum atomic E-state index is 0.694. The van der Waals surface area contributed by atoms with Crippen LogP contribution >= 0.6 is 0 Å². The largest absolute Gasteiger partial charge is 0.319 e. The van der Waals surface area contributed by atoms with E-state index in [1.165, 1.54) is 25.8 Å². The van der Waals surface area contributed by atoms with Crippen LogP contribution in [0.4, 0.5) is 0 Å². The van der Waals surface area contributed by atoms with E-state index in [0.29, 0.717) is 5.41 Å². The topological polar surface area (TPSA) is 24.1 Å². The molecule has 1 fully saturated rings. The summed E-state index contributed by atoms with van der Waals surface area (Å²) in [7, 11) is 2.02. The van der Waals surface area contributed by atoms with Crippen molar-refractivity contribution >= 4 is 0 Å². The summed E-state index contributed by atoms with van der Waals surface area (Å²) in [6.45, 7) is 8.10. The van der Waals surface area contributed by atoms with Crippen molar-refractivity contribution < 1.29 is 0 Å². The van der Waals surface area contributed by atoms with Crippen molar-refractivity contribution in [3.63, 3.8) is 0 Å². The molecule has 0 saturated heterocycles. The zero-order valence-corrected chi connectivity index (χ0v) is 9.32. The highest BCUT2D eigenvalue weighted by Crippen LogP contribution is 2.47. The Balaban J connectivity index is 2.00. The van der Waals surface area contributed by atoms with Crippen LogP contribution in [-0.2, 0) is 0 Å². The summed E-state index contributed by atoms with van der Waals surface area (Å²) >= 11 is 0. The molecule has 0 aromatic heterocycles. The fraction of sp³-hybridized carbons (Fsp3) is 1.00. The van der Waals surface area contributed by atoms with E-state index in [9.17, 15) is 0 Å². The van der Waals surface area contributed by atoms with Gasteiger partial charge >= 0.3 is 0 Å².